The zero-order valence-electron chi connectivity index (χ0n) is 38.1. The quantitative estimate of drug-likeness (QED) is 0.125. The molecule has 0 N–H and O–H groups in total. The number of hydrogen-bond donors (Lipinski definition) is 0. The Morgan fingerprint density at radius 3 is 2.02 bits per heavy atom. The zero-order chi connectivity index (χ0) is 43.2. The van der Waals surface area contributed by atoms with Crippen molar-refractivity contribution in [1.29, 1.82) is 0 Å². The van der Waals surface area contributed by atoms with Gasteiger partial charge in [-0.05, 0) is 99.3 Å². The van der Waals surface area contributed by atoms with Gasteiger partial charge in [-0.1, -0.05) is 125 Å². The average Bonchev–Trinajstić information content (AvgIpc) is 3.72. The van der Waals surface area contributed by atoms with Crippen molar-refractivity contribution in [2.45, 2.75) is 106 Å². The molecular formula is C52H57N5O. The molecule has 4 heterocycles. The van der Waals surface area contributed by atoms with Gasteiger partial charge in [-0.25, -0.2) is 4.98 Å². The summed E-state index contributed by atoms with van der Waals surface area (Å²) in [7, 11) is 0. The van der Waals surface area contributed by atoms with Gasteiger partial charge in [0, 0.05) is 32.0 Å². The van der Waals surface area contributed by atoms with Gasteiger partial charge < -0.3 is 4.74 Å². The summed E-state index contributed by atoms with van der Waals surface area (Å²) < 4.78 is 31.3. The minimum absolute atomic E-state index is 0.0289. The molecule has 4 aromatic carbocycles. The Morgan fingerprint density at radius 1 is 0.638 bits per heavy atom. The summed E-state index contributed by atoms with van der Waals surface area (Å²) in [6.45, 7) is 25.9. The van der Waals surface area contributed by atoms with Crippen LogP contribution in [0.2, 0.25) is 0 Å². The van der Waals surface area contributed by atoms with E-state index in [2.05, 4.69) is 149 Å². The Labute approximate surface area is 347 Å². The molecule has 6 nitrogen and oxygen atoms in total. The number of rotatable bonds is 6. The number of para-hydroxylation sites is 1. The van der Waals surface area contributed by atoms with Crippen LogP contribution in [0, 0.1) is 11.7 Å². The third-order valence-electron chi connectivity index (χ3n) is 10.8. The predicted octanol–water partition coefficient (Wildman–Crippen LogP) is 12.9. The molecule has 0 unspecified atom stereocenters. The van der Waals surface area contributed by atoms with Crippen LogP contribution in [-0.4, -0.2) is 19.1 Å². The van der Waals surface area contributed by atoms with Gasteiger partial charge in [-0.3, -0.25) is 18.7 Å². The summed E-state index contributed by atoms with van der Waals surface area (Å²) in [5, 5.41) is 2.27. The Kier molecular flexibility index (Phi) is 8.81. The van der Waals surface area contributed by atoms with Crippen molar-refractivity contribution in [3.05, 3.63) is 144 Å². The molecule has 0 bridgehead atoms. The number of pyridine rings is 2. The molecule has 0 fully saturated rings. The molecule has 0 radical (unpaired) electrons. The molecule has 0 aliphatic carbocycles. The number of ether oxygens (including phenoxy) is 1. The van der Waals surface area contributed by atoms with E-state index in [0.717, 1.165) is 50.0 Å². The summed E-state index contributed by atoms with van der Waals surface area (Å²) in [6.07, 6.45) is 7.53. The second kappa shape index (κ2) is 14.0. The fraction of sp³-hybridized carbons (Fsp3) is 0.327. The van der Waals surface area contributed by atoms with Crippen LogP contribution >= 0.6 is 0 Å². The van der Waals surface area contributed by atoms with Gasteiger partial charge in [-0.15, -0.1) is 0 Å². The van der Waals surface area contributed by atoms with Gasteiger partial charge in [0.15, 0.2) is 0 Å². The minimum atomic E-state index is -1.58. The standard InChI is InChI=1S/C52H57N5O/c1-49(2,3)30-34-17-20-45-47(23-34)55(38-25-36(51(7,8)9)24-37(26-38)52(10,11)12)33-56(45)39-28-41(32-53-31-39)58-40-18-19-43-42-15-13-14-16-44(42)57(46(43)29-40)48-27-35(21-22-54-48)50(4,5)6/h13-29,31-32H,30H2,1-12H3/i30D2. The largest absolute Gasteiger partial charge is 0.456 e. The van der Waals surface area contributed by atoms with E-state index in [1.807, 2.05) is 68.1 Å². The highest BCUT2D eigenvalue weighted by Gasteiger charge is 2.24. The third kappa shape index (κ3) is 7.65. The van der Waals surface area contributed by atoms with Crippen LogP contribution in [0.1, 0.15) is 108 Å². The van der Waals surface area contributed by atoms with E-state index in [1.165, 1.54) is 16.7 Å². The van der Waals surface area contributed by atoms with E-state index in [-0.39, 0.29) is 16.2 Å². The highest BCUT2D eigenvalue weighted by molar-refractivity contribution is 6.09. The van der Waals surface area contributed by atoms with Gasteiger partial charge in [0.1, 0.15) is 17.3 Å². The summed E-state index contributed by atoms with van der Waals surface area (Å²) in [5.74, 6) is 2.12. The van der Waals surface area contributed by atoms with E-state index in [9.17, 15) is 2.74 Å². The van der Waals surface area contributed by atoms with Crippen LogP contribution < -0.4 is 9.30 Å². The Bertz CT molecular complexity index is 2890. The predicted molar refractivity (Wildman–Crippen MR) is 239 cm³/mol. The number of hydrogen-bond acceptors (Lipinski definition) is 3. The van der Waals surface area contributed by atoms with Crippen molar-refractivity contribution >= 4 is 32.8 Å². The fourth-order valence-corrected chi connectivity index (χ4v) is 7.60. The van der Waals surface area contributed by atoms with Gasteiger partial charge >= 0.3 is 0 Å². The number of imidazole rings is 1. The molecule has 0 saturated carbocycles. The lowest BCUT2D eigenvalue weighted by atomic mass is 9.80. The molecule has 0 amide bonds. The maximum atomic E-state index is 9.19. The number of aromatic nitrogens is 5. The van der Waals surface area contributed by atoms with Crippen LogP contribution in [0.5, 0.6) is 11.5 Å². The van der Waals surface area contributed by atoms with Crippen LogP contribution in [0.15, 0.2) is 116 Å². The number of benzene rings is 4. The monoisotopic (exact) mass is 769 g/mol. The van der Waals surface area contributed by atoms with Gasteiger partial charge in [0.2, 0.25) is 0 Å². The topological polar surface area (TPSA) is 48.8 Å². The van der Waals surface area contributed by atoms with E-state index in [1.54, 1.807) is 6.20 Å². The first-order valence-corrected chi connectivity index (χ1v) is 20.3. The average molecular weight is 770 g/mol. The highest BCUT2D eigenvalue weighted by Crippen LogP contribution is 2.37. The Hall–Kier alpha value is -5.75. The lowest BCUT2D eigenvalue weighted by Crippen LogP contribution is -2.31. The van der Waals surface area contributed by atoms with Crippen molar-refractivity contribution in [2.75, 3.05) is 0 Å². The maximum Gasteiger partial charge on any atom is 0.269 e. The lowest BCUT2D eigenvalue weighted by Gasteiger charge is -2.26. The molecular weight excluding hydrogens is 711 g/mol. The normalized spacial score (nSPS) is 13.7. The van der Waals surface area contributed by atoms with Crippen molar-refractivity contribution in [1.82, 2.24) is 19.1 Å². The van der Waals surface area contributed by atoms with Crippen LogP contribution in [0.25, 0.3) is 50.0 Å². The third-order valence-corrected chi connectivity index (χ3v) is 10.8. The Morgan fingerprint density at radius 2 is 1.33 bits per heavy atom. The molecule has 6 heteroatoms. The molecule has 58 heavy (non-hydrogen) atoms. The second-order valence-corrected chi connectivity index (χ2v) is 19.8. The maximum absolute atomic E-state index is 9.19. The van der Waals surface area contributed by atoms with Crippen molar-refractivity contribution in [3.63, 3.8) is 0 Å². The molecule has 0 saturated heterocycles. The van der Waals surface area contributed by atoms with Crippen molar-refractivity contribution in [2.24, 2.45) is 5.41 Å². The number of fused-ring (bicyclic) bond motifs is 4. The molecule has 296 valence electrons. The van der Waals surface area contributed by atoms with E-state index < -0.39 is 11.8 Å². The van der Waals surface area contributed by atoms with E-state index in [0.29, 0.717) is 17.1 Å². The van der Waals surface area contributed by atoms with Crippen LogP contribution in [-0.2, 0) is 22.6 Å². The molecule has 0 aliphatic rings. The van der Waals surface area contributed by atoms with Crippen LogP contribution in [0.4, 0.5) is 0 Å². The van der Waals surface area contributed by atoms with Crippen molar-refractivity contribution < 1.29 is 12.0 Å². The van der Waals surface area contributed by atoms with Crippen molar-refractivity contribution in [3.8, 4) is 28.7 Å². The lowest BCUT2D eigenvalue weighted by molar-refractivity contribution is -0.572. The minimum Gasteiger partial charge on any atom is -0.456 e. The molecule has 0 aliphatic heterocycles. The summed E-state index contributed by atoms with van der Waals surface area (Å²) in [5.41, 5.74) is 8.97. The first-order chi connectivity index (χ1) is 28.0. The SMILES string of the molecule is [2H]C([2H])(c1ccc2c(c1)[n+](-c1cc(C(C)(C)C)cc(C(C)(C)C)c1)[c-]n2-c1cncc(Oc2ccc3c4ccccc4n(-c4cc(C(C)(C)C)ccn4)c3c2)c1)C(C)(C)C. The molecule has 4 aromatic heterocycles. The zero-order valence-corrected chi connectivity index (χ0v) is 36.1. The van der Waals surface area contributed by atoms with Crippen LogP contribution in [0.3, 0.4) is 0 Å². The first kappa shape index (κ1) is 36.6. The highest BCUT2D eigenvalue weighted by atomic mass is 16.5. The smallest absolute Gasteiger partial charge is 0.269 e. The van der Waals surface area contributed by atoms with Gasteiger partial charge in [0.25, 0.3) is 6.33 Å². The van der Waals surface area contributed by atoms with E-state index >= 15 is 0 Å². The first-order valence-electron chi connectivity index (χ1n) is 21.3. The van der Waals surface area contributed by atoms with Gasteiger partial charge in [0.05, 0.1) is 39.6 Å². The summed E-state index contributed by atoms with van der Waals surface area (Å²) in [6, 6.07) is 33.6. The second-order valence-electron chi connectivity index (χ2n) is 19.8. The fourth-order valence-electron chi connectivity index (χ4n) is 7.60. The summed E-state index contributed by atoms with van der Waals surface area (Å²) >= 11 is 0. The molecule has 8 rings (SSSR count). The van der Waals surface area contributed by atoms with Gasteiger partial charge in [-0.2, -0.15) is 0 Å². The Balaban J connectivity index is 1.26. The number of nitrogens with zero attached hydrogens (tertiary/aromatic N) is 5. The van der Waals surface area contributed by atoms with E-state index in [4.69, 9.17) is 9.72 Å². The molecule has 0 atom stereocenters. The molecule has 8 aromatic rings. The molecule has 0 spiro atoms. The summed E-state index contributed by atoms with van der Waals surface area (Å²) in [4.78, 5) is 9.52.